The molecule has 0 amide bonds. The first-order chi connectivity index (χ1) is 10.1. The molecule has 0 aliphatic heterocycles. The van der Waals surface area contributed by atoms with Crippen molar-refractivity contribution in [3.8, 4) is 11.5 Å². The molecule has 0 aliphatic rings. The van der Waals surface area contributed by atoms with E-state index in [4.69, 9.17) is 33.3 Å². The van der Waals surface area contributed by atoms with Gasteiger partial charge in [0, 0.05) is 11.8 Å². The molecular formula is C15H15ClN2O2S. The van der Waals surface area contributed by atoms with Crippen LogP contribution in [0.3, 0.4) is 0 Å². The second-order valence-corrected chi connectivity index (χ2v) is 4.95. The lowest BCUT2D eigenvalue weighted by molar-refractivity contribution is 0.396. The molecule has 0 aliphatic carbocycles. The Kier molecular flexibility index (Phi) is 5.25. The van der Waals surface area contributed by atoms with Crippen molar-refractivity contribution < 1.29 is 9.47 Å². The lowest BCUT2D eigenvalue weighted by Crippen LogP contribution is -2.19. The van der Waals surface area contributed by atoms with Gasteiger partial charge in [-0.05, 0) is 30.4 Å². The van der Waals surface area contributed by atoms with Gasteiger partial charge in [0.2, 0.25) is 0 Å². The first kappa shape index (κ1) is 15.4. The van der Waals surface area contributed by atoms with E-state index in [2.05, 4.69) is 10.6 Å². The topological polar surface area (TPSA) is 42.5 Å². The van der Waals surface area contributed by atoms with Crippen molar-refractivity contribution in [2.75, 3.05) is 24.9 Å². The number of thiocarbonyl (C=S) groups is 1. The molecule has 0 heterocycles. The van der Waals surface area contributed by atoms with E-state index in [-0.39, 0.29) is 0 Å². The maximum Gasteiger partial charge on any atom is 0.175 e. The normalized spacial score (nSPS) is 9.86. The lowest BCUT2D eigenvalue weighted by Gasteiger charge is -2.15. The SMILES string of the molecule is COc1cc(OC)c(NC(=S)Nc2ccccc2)cc1Cl. The van der Waals surface area contributed by atoms with Crippen LogP contribution in [-0.4, -0.2) is 19.3 Å². The molecule has 6 heteroatoms. The number of hydrogen-bond donors (Lipinski definition) is 2. The summed E-state index contributed by atoms with van der Waals surface area (Å²) in [4.78, 5) is 0. The van der Waals surface area contributed by atoms with Crippen LogP contribution in [0.4, 0.5) is 11.4 Å². The van der Waals surface area contributed by atoms with Gasteiger partial charge in [0.05, 0.1) is 24.9 Å². The lowest BCUT2D eigenvalue weighted by atomic mass is 10.2. The average molecular weight is 323 g/mol. The number of nitrogens with one attached hydrogen (secondary N) is 2. The maximum atomic E-state index is 6.12. The second kappa shape index (κ2) is 7.15. The van der Waals surface area contributed by atoms with Crippen molar-refractivity contribution in [1.82, 2.24) is 0 Å². The fourth-order valence-electron chi connectivity index (χ4n) is 1.76. The Morgan fingerprint density at radius 1 is 1.00 bits per heavy atom. The predicted molar refractivity (Wildman–Crippen MR) is 90.8 cm³/mol. The molecule has 2 N–H and O–H groups in total. The number of para-hydroxylation sites is 1. The molecule has 0 saturated carbocycles. The third-order valence-electron chi connectivity index (χ3n) is 2.75. The fraction of sp³-hybridized carbons (Fsp3) is 0.133. The van der Waals surface area contributed by atoms with Crippen LogP contribution in [0, 0.1) is 0 Å². The first-order valence-corrected chi connectivity index (χ1v) is 6.97. The highest BCUT2D eigenvalue weighted by Crippen LogP contribution is 2.35. The average Bonchev–Trinajstić information content (AvgIpc) is 2.48. The molecular weight excluding hydrogens is 308 g/mol. The summed E-state index contributed by atoms with van der Waals surface area (Å²) in [6.07, 6.45) is 0. The Morgan fingerprint density at radius 2 is 1.67 bits per heavy atom. The van der Waals surface area contributed by atoms with Gasteiger partial charge in [-0.2, -0.15) is 0 Å². The number of halogens is 1. The maximum absolute atomic E-state index is 6.12. The van der Waals surface area contributed by atoms with E-state index in [1.807, 2.05) is 30.3 Å². The molecule has 110 valence electrons. The van der Waals surface area contributed by atoms with Gasteiger partial charge >= 0.3 is 0 Å². The molecule has 0 spiro atoms. The van der Waals surface area contributed by atoms with Gasteiger partial charge in [0.25, 0.3) is 0 Å². The predicted octanol–water partition coefficient (Wildman–Crippen LogP) is 4.17. The highest BCUT2D eigenvalue weighted by Gasteiger charge is 2.11. The molecule has 21 heavy (non-hydrogen) atoms. The zero-order valence-corrected chi connectivity index (χ0v) is 13.2. The number of hydrogen-bond acceptors (Lipinski definition) is 3. The van der Waals surface area contributed by atoms with E-state index >= 15 is 0 Å². The fourth-order valence-corrected chi connectivity index (χ4v) is 2.23. The summed E-state index contributed by atoms with van der Waals surface area (Å²) in [6.45, 7) is 0. The third-order valence-corrected chi connectivity index (χ3v) is 3.25. The quantitative estimate of drug-likeness (QED) is 0.827. The monoisotopic (exact) mass is 322 g/mol. The van der Waals surface area contributed by atoms with Gasteiger partial charge in [-0.15, -0.1) is 0 Å². The molecule has 4 nitrogen and oxygen atoms in total. The highest BCUT2D eigenvalue weighted by molar-refractivity contribution is 7.80. The summed E-state index contributed by atoms with van der Waals surface area (Å²) in [7, 11) is 3.12. The number of anilines is 2. The van der Waals surface area contributed by atoms with Crippen LogP contribution >= 0.6 is 23.8 Å². The summed E-state index contributed by atoms with van der Waals surface area (Å²) >= 11 is 11.4. The minimum absolute atomic E-state index is 0.445. The molecule has 2 aromatic carbocycles. The van der Waals surface area contributed by atoms with E-state index in [1.54, 1.807) is 26.4 Å². The Balaban J connectivity index is 2.15. The van der Waals surface area contributed by atoms with Gasteiger partial charge < -0.3 is 20.1 Å². The van der Waals surface area contributed by atoms with Crippen LogP contribution in [0.1, 0.15) is 0 Å². The molecule has 0 unspecified atom stereocenters. The molecule has 0 fully saturated rings. The number of methoxy groups -OCH3 is 2. The van der Waals surface area contributed by atoms with Crippen molar-refractivity contribution in [2.45, 2.75) is 0 Å². The van der Waals surface area contributed by atoms with E-state index in [1.165, 1.54) is 0 Å². The Labute approximate surface area is 134 Å². The molecule has 0 radical (unpaired) electrons. The molecule has 2 aromatic rings. The number of ether oxygens (including phenoxy) is 2. The van der Waals surface area contributed by atoms with Crippen LogP contribution in [0.2, 0.25) is 5.02 Å². The van der Waals surface area contributed by atoms with Crippen LogP contribution in [0.5, 0.6) is 11.5 Å². The summed E-state index contributed by atoms with van der Waals surface area (Å²) in [5.74, 6) is 1.13. The minimum atomic E-state index is 0.445. The van der Waals surface area contributed by atoms with Crippen molar-refractivity contribution in [3.05, 3.63) is 47.5 Å². The van der Waals surface area contributed by atoms with E-state index < -0.39 is 0 Å². The summed E-state index contributed by atoms with van der Waals surface area (Å²) in [5, 5.41) is 7.06. The standard InChI is InChI=1S/C15H15ClN2O2S/c1-19-13-9-14(20-2)12(8-11(13)16)18-15(21)17-10-6-4-3-5-7-10/h3-9H,1-2H3,(H2,17,18,21). The number of rotatable bonds is 4. The Morgan fingerprint density at radius 3 is 2.29 bits per heavy atom. The van der Waals surface area contributed by atoms with Gasteiger partial charge in [0.15, 0.2) is 5.11 Å². The smallest absolute Gasteiger partial charge is 0.175 e. The van der Waals surface area contributed by atoms with Crippen molar-refractivity contribution in [3.63, 3.8) is 0 Å². The molecule has 0 atom stereocenters. The van der Waals surface area contributed by atoms with Crippen LogP contribution in [-0.2, 0) is 0 Å². The number of benzene rings is 2. The molecule has 0 bridgehead atoms. The molecule has 2 rings (SSSR count). The van der Waals surface area contributed by atoms with E-state index in [9.17, 15) is 0 Å². The largest absolute Gasteiger partial charge is 0.495 e. The second-order valence-electron chi connectivity index (χ2n) is 4.13. The van der Waals surface area contributed by atoms with Gasteiger partial charge in [0.1, 0.15) is 11.5 Å². The van der Waals surface area contributed by atoms with E-state index in [0.29, 0.717) is 27.3 Å². The van der Waals surface area contributed by atoms with Crippen molar-refractivity contribution >= 4 is 40.3 Å². The van der Waals surface area contributed by atoms with E-state index in [0.717, 1.165) is 5.69 Å². The minimum Gasteiger partial charge on any atom is -0.495 e. The summed E-state index contributed by atoms with van der Waals surface area (Å²) in [5.41, 5.74) is 1.56. The van der Waals surface area contributed by atoms with Crippen LogP contribution in [0.25, 0.3) is 0 Å². The zero-order chi connectivity index (χ0) is 15.2. The summed E-state index contributed by atoms with van der Waals surface area (Å²) < 4.78 is 10.5. The van der Waals surface area contributed by atoms with Crippen molar-refractivity contribution in [2.24, 2.45) is 0 Å². The van der Waals surface area contributed by atoms with Crippen LogP contribution < -0.4 is 20.1 Å². The van der Waals surface area contributed by atoms with Gasteiger partial charge in [-0.25, -0.2) is 0 Å². The third kappa shape index (κ3) is 4.00. The zero-order valence-electron chi connectivity index (χ0n) is 11.6. The Hall–Kier alpha value is -1.98. The molecule has 0 aromatic heterocycles. The van der Waals surface area contributed by atoms with Crippen molar-refractivity contribution in [1.29, 1.82) is 0 Å². The van der Waals surface area contributed by atoms with Crippen LogP contribution in [0.15, 0.2) is 42.5 Å². The highest BCUT2D eigenvalue weighted by atomic mass is 35.5. The molecule has 0 saturated heterocycles. The summed E-state index contributed by atoms with van der Waals surface area (Å²) in [6, 6.07) is 13.0. The Bertz CT molecular complexity index is 635. The van der Waals surface area contributed by atoms with Gasteiger partial charge in [-0.1, -0.05) is 29.8 Å². The van der Waals surface area contributed by atoms with Gasteiger partial charge in [-0.3, -0.25) is 0 Å². The first-order valence-electron chi connectivity index (χ1n) is 6.18.